The van der Waals surface area contributed by atoms with Crippen molar-refractivity contribution in [1.29, 1.82) is 0 Å². The fraction of sp³-hybridized carbons (Fsp3) is 0.192. The minimum Gasteiger partial charge on any atom is -0.490 e. The van der Waals surface area contributed by atoms with Gasteiger partial charge >= 0.3 is 5.97 Å². The van der Waals surface area contributed by atoms with Gasteiger partial charge in [-0.15, -0.1) is 11.3 Å². The maximum atomic E-state index is 12.8. The van der Waals surface area contributed by atoms with Gasteiger partial charge in [-0.05, 0) is 49.7 Å². The van der Waals surface area contributed by atoms with E-state index in [0.29, 0.717) is 41.2 Å². The molecule has 0 unspecified atom stereocenters. The van der Waals surface area contributed by atoms with Crippen LogP contribution in [0.1, 0.15) is 25.1 Å². The highest BCUT2D eigenvalue weighted by atomic mass is 35.5. The molecule has 0 saturated carbocycles. The number of para-hydroxylation sites is 1. The van der Waals surface area contributed by atoms with Crippen molar-refractivity contribution in [3.63, 3.8) is 0 Å². The van der Waals surface area contributed by atoms with Gasteiger partial charge in [-0.25, -0.2) is 4.98 Å². The van der Waals surface area contributed by atoms with E-state index in [2.05, 4.69) is 20.6 Å². The van der Waals surface area contributed by atoms with Gasteiger partial charge in [-0.2, -0.15) is 14.9 Å². The van der Waals surface area contributed by atoms with Crippen LogP contribution in [0.15, 0.2) is 70.0 Å². The molecule has 10 nitrogen and oxygen atoms in total. The number of rotatable bonds is 11. The number of esters is 1. The second-order valence-electron chi connectivity index (χ2n) is 7.61. The summed E-state index contributed by atoms with van der Waals surface area (Å²) >= 11 is 7.66. The number of aromatic nitrogens is 3. The molecule has 38 heavy (non-hydrogen) atoms. The van der Waals surface area contributed by atoms with Crippen molar-refractivity contribution in [1.82, 2.24) is 14.8 Å². The third-order valence-electron chi connectivity index (χ3n) is 4.93. The van der Waals surface area contributed by atoms with Gasteiger partial charge in [0.05, 0.1) is 43.4 Å². The first-order valence-corrected chi connectivity index (χ1v) is 12.9. The van der Waals surface area contributed by atoms with Crippen LogP contribution in [0.3, 0.4) is 0 Å². The van der Waals surface area contributed by atoms with Crippen LogP contribution in [0.25, 0.3) is 5.69 Å². The molecule has 0 saturated heterocycles. The average molecular weight is 554 g/mol. The summed E-state index contributed by atoms with van der Waals surface area (Å²) in [5.41, 5.74) is 4.26. The number of halogens is 1. The van der Waals surface area contributed by atoms with E-state index >= 15 is 0 Å². The monoisotopic (exact) mass is 553 g/mol. The molecule has 0 radical (unpaired) electrons. The summed E-state index contributed by atoms with van der Waals surface area (Å²) in [5.74, 6) is 0.579. The van der Waals surface area contributed by atoms with Gasteiger partial charge in [-0.3, -0.25) is 15.0 Å². The number of anilines is 1. The Kier molecular flexibility index (Phi) is 9.07. The number of hydrazone groups is 1. The van der Waals surface area contributed by atoms with Gasteiger partial charge in [0.25, 0.3) is 5.56 Å². The number of hydrogen-bond acceptors (Lipinski definition) is 10. The molecular formula is C26H24ClN5O5S. The number of carbonyl (C=O) groups excluding carboxylic acids is 1. The minimum absolute atomic E-state index is 0.105. The van der Waals surface area contributed by atoms with E-state index in [9.17, 15) is 9.59 Å². The lowest BCUT2D eigenvalue weighted by atomic mass is 10.2. The molecule has 2 aromatic heterocycles. The highest BCUT2D eigenvalue weighted by molar-refractivity contribution is 7.13. The molecule has 2 heterocycles. The second kappa shape index (κ2) is 12.8. The molecule has 2 aromatic carbocycles. The van der Waals surface area contributed by atoms with Gasteiger partial charge in [0.15, 0.2) is 22.3 Å². The highest BCUT2D eigenvalue weighted by Crippen LogP contribution is 2.34. The maximum absolute atomic E-state index is 12.8. The number of nitrogens with one attached hydrogen (secondary N) is 1. The van der Waals surface area contributed by atoms with E-state index in [0.717, 1.165) is 5.56 Å². The Morgan fingerprint density at radius 3 is 2.71 bits per heavy atom. The molecule has 12 heteroatoms. The standard InChI is InChI=1S/C26H24ClN5O5S/c1-3-35-21-12-17(14-28-31-26-30-18(16-38-26)13-23(33)36-4-2)10-11-20(21)37-22-15-29-32(25(34)24(22)27)19-8-6-5-7-9-19/h5-12,14-16H,3-4,13H2,1-2H3,(H,30,31). The normalized spacial score (nSPS) is 10.9. The lowest BCUT2D eigenvalue weighted by Gasteiger charge is -2.13. The predicted molar refractivity (Wildman–Crippen MR) is 146 cm³/mol. The third-order valence-corrected chi connectivity index (χ3v) is 6.08. The van der Waals surface area contributed by atoms with Crippen LogP contribution in [0, 0.1) is 0 Å². The molecule has 0 aliphatic heterocycles. The first-order valence-electron chi connectivity index (χ1n) is 11.7. The van der Waals surface area contributed by atoms with Gasteiger partial charge in [0.1, 0.15) is 0 Å². The summed E-state index contributed by atoms with van der Waals surface area (Å²) in [6, 6.07) is 14.2. The first-order chi connectivity index (χ1) is 18.5. The topological polar surface area (TPSA) is 117 Å². The van der Waals surface area contributed by atoms with Gasteiger partial charge in [-0.1, -0.05) is 29.8 Å². The van der Waals surface area contributed by atoms with E-state index in [4.69, 9.17) is 25.8 Å². The summed E-state index contributed by atoms with van der Waals surface area (Å²) in [7, 11) is 0. The van der Waals surface area contributed by atoms with Crippen LogP contribution in [-0.4, -0.2) is 40.2 Å². The molecule has 0 aliphatic carbocycles. The summed E-state index contributed by atoms with van der Waals surface area (Å²) in [6.45, 7) is 4.32. The van der Waals surface area contributed by atoms with Crippen LogP contribution < -0.4 is 20.5 Å². The lowest BCUT2D eigenvalue weighted by Crippen LogP contribution is -2.21. The number of benzene rings is 2. The Balaban J connectivity index is 1.47. The van der Waals surface area contributed by atoms with E-state index < -0.39 is 5.56 Å². The molecule has 0 amide bonds. The van der Waals surface area contributed by atoms with Crippen molar-refractivity contribution in [3.8, 4) is 22.9 Å². The number of hydrogen-bond donors (Lipinski definition) is 1. The zero-order valence-corrected chi connectivity index (χ0v) is 22.2. The van der Waals surface area contributed by atoms with Crippen LogP contribution >= 0.6 is 22.9 Å². The maximum Gasteiger partial charge on any atom is 0.311 e. The smallest absolute Gasteiger partial charge is 0.311 e. The van der Waals surface area contributed by atoms with Gasteiger partial charge in [0, 0.05) is 5.38 Å². The van der Waals surface area contributed by atoms with Crippen LogP contribution in [-0.2, 0) is 16.0 Å². The Morgan fingerprint density at radius 1 is 1.13 bits per heavy atom. The molecule has 0 fully saturated rings. The van der Waals surface area contributed by atoms with Gasteiger partial charge < -0.3 is 14.2 Å². The zero-order valence-electron chi connectivity index (χ0n) is 20.6. The Labute approximate surface area is 227 Å². The van der Waals surface area contributed by atoms with Crippen molar-refractivity contribution in [2.24, 2.45) is 5.10 Å². The molecular weight excluding hydrogens is 530 g/mol. The Bertz CT molecular complexity index is 1490. The van der Waals surface area contributed by atoms with Crippen LogP contribution in [0.2, 0.25) is 5.02 Å². The molecule has 4 rings (SSSR count). The SMILES string of the molecule is CCOC(=O)Cc1csc(NN=Cc2ccc(Oc3cnn(-c4ccccc4)c(=O)c3Cl)c(OCC)c2)n1. The fourth-order valence-electron chi connectivity index (χ4n) is 3.28. The minimum atomic E-state index is -0.504. The summed E-state index contributed by atoms with van der Waals surface area (Å²) in [6.07, 6.45) is 3.08. The number of ether oxygens (including phenoxy) is 3. The quantitative estimate of drug-likeness (QED) is 0.155. The molecule has 0 atom stereocenters. The average Bonchev–Trinajstić information content (AvgIpc) is 3.36. The molecule has 0 bridgehead atoms. The predicted octanol–water partition coefficient (Wildman–Crippen LogP) is 5.09. The summed E-state index contributed by atoms with van der Waals surface area (Å²) < 4.78 is 17.8. The van der Waals surface area contributed by atoms with Crippen LogP contribution in [0.5, 0.6) is 17.2 Å². The Hall–Kier alpha value is -4.22. The zero-order chi connectivity index (χ0) is 26.9. The van der Waals surface area contributed by atoms with Crippen molar-refractivity contribution in [2.75, 3.05) is 18.6 Å². The number of thiazole rings is 1. The first kappa shape index (κ1) is 26.8. The van der Waals surface area contributed by atoms with Gasteiger partial charge in [0.2, 0.25) is 5.13 Å². The van der Waals surface area contributed by atoms with E-state index in [-0.39, 0.29) is 23.2 Å². The third kappa shape index (κ3) is 6.75. The summed E-state index contributed by atoms with van der Waals surface area (Å²) in [4.78, 5) is 28.7. The van der Waals surface area contributed by atoms with E-state index in [1.165, 1.54) is 22.2 Å². The number of nitrogens with zero attached hydrogens (tertiary/aromatic N) is 4. The lowest BCUT2D eigenvalue weighted by molar-refractivity contribution is -0.142. The summed E-state index contributed by atoms with van der Waals surface area (Å²) in [5, 5.41) is 10.6. The highest BCUT2D eigenvalue weighted by Gasteiger charge is 2.15. The second-order valence-corrected chi connectivity index (χ2v) is 8.85. The van der Waals surface area contributed by atoms with E-state index in [1.807, 2.05) is 13.0 Å². The number of carbonyl (C=O) groups is 1. The van der Waals surface area contributed by atoms with Crippen molar-refractivity contribution < 1.29 is 19.0 Å². The largest absolute Gasteiger partial charge is 0.490 e. The van der Waals surface area contributed by atoms with Crippen molar-refractivity contribution >= 4 is 40.3 Å². The van der Waals surface area contributed by atoms with Crippen LogP contribution in [0.4, 0.5) is 5.13 Å². The van der Waals surface area contributed by atoms with Crippen molar-refractivity contribution in [3.05, 3.63) is 86.7 Å². The molecule has 0 spiro atoms. The fourth-order valence-corrected chi connectivity index (χ4v) is 4.11. The van der Waals surface area contributed by atoms with Crippen molar-refractivity contribution in [2.45, 2.75) is 20.3 Å². The Morgan fingerprint density at radius 2 is 1.95 bits per heavy atom. The molecule has 1 N–H and O–H groups in total. The molecule has 196 valence electrons. The molecule has 4 aromatic rings. The molecule has 0 aliphatic rings. The van der Waals surface area contributed by atoms with E-state index in [1.54, 1.807) is 61.0 Å².